The van der Waals surface area contributed by atoms with Gasteiger partial charge in [0.25, 0.3) is 0 Å². The Morgan fingerprint density at radius 1 is 1.41 bits per heavy atom. The van der Waals surface area contributed by atoms with Crippen molar-refractivity contribution in [3.63, 3.8) is 0 Å². The van der Waals surface area contributed by atoms with Gasteiger partial charge in [-0.3, -0.25) is 0 Å². The highest BCUT2D eigenvalue weighted by Crippen LogP contribution is 2.22. The zero-order valence-electron chi connectivity index (χ0n) is 9.95. The summed E-state index contributed by atoms with van der Waals surface area (Å²) in [5.41, 5.74) is 0.679. The number of rotatable bonds is 7. The van der Waals surface area contributed by atoms with Crippen molar-refractivity contribution < 1.29 is 9.90 Å². The van der Waals surface area contributed by atoms with Gasteiger partial charge in [-0.1, -0.05) is 49.9 Å². The van der Waals surface area contributed by atoms with Crippen molar-refractivity contribution in [2.45, 2.75) is 38.6 Å². The fraction of sp³-hybridized carbons (Fsp3) is 0.462. The van der Waals surface area contributed by atoms with Gasteiger partial charge in [-0.15, -0.1) is 0 Å². The van der Waals surface area contributed by atoms with Gasteiger partial charge < -0.3 is 10.4 Å². The molecule has 0 aliphatic rings. The van der Waals surface area contributed by atoms with Gasteiger partial charge in [0.2, 0.25) is 0 Å². The molecule has 0 saturated heterocycles. The number of anilines is 1. The molecule has 1 atom stereocenters. The van der Waals surface area contributed by atoms with Gasteiger partial charge >= 0.3 is 5.97 Å². The van der Waals surface area contributed by atoms with E-state index in [9.17, 15) is 4.79 Å². The van der Waals surface area contributed by atoms with E-state index >= 15 is 0 Å². The van der Waals surface area contributed by atoms with Crippen LogP contribution in [0.5, 0.6) is 0 Å². The van der Waals surface area contributed by atoms with Crippen LogP contribution in [0.15, 0.2) is 24.3 Å². The van der Waals surface area contributed by atoms with E-state index in [2.05, 4.69) is 12.2 Å². The van der Waals surface area contributed by atoms with Crippen LogP contribution in [0, 0.1) is 0 Å². The van der Waals surface area contributed by atoms with Crippen LogP contribution < -0.4 is 5.32 Å². The number of carboxylic acid groups (broad SMARTS) is 1. The minimum atomic E-state index is -0.832. The van der Waals surface area contributed by atoms with E-state index in [0.29, 0.717) is 17.1 Å². The van der Waals surface area contributed by atoms with Crippen LogP contribution in [-0.4, -0.2) is 17.1 Å². The molecule has 1 rings (SSSR count). The molecule has 0 bridgehead atoms. The SMILES string of the molecule is CCCCCC(Nc1ccccc1Cl)C(=O)O. The average Bonchev–Trinajstić information content (AvgIpc) is 2.30. The second kappa shape index (κ2) is 7.17. The highest BCUT2D eigenvalue weighted by atomic mass is 35.5. The van der Waals surface area contributed by atoms with Gasteiger partial charge in [0.1, 0.15) is 6.04 Å². The molecule has 0 saturated carbocycles. The summed E-state index contributed by atoms with van der Waals surface area (Å²) in [6.07, 6.45) is 3.66. The molecule has 0 fully saturated rings. The lowest BCUT2D eigenvalue weighted by molar-refractivity contribution is -0.138. The summed E-state index contributed by atoms with van der Waals surface area (Å²) < 4.78 is 0. The second-order valence-electron chi connectivity index (χ2n) is 4.01. The Labute approximate surface area is 107 Å². The van der Waals surface area contributed by atoms with E-state index in [1.165, 1.54) is 0 Å². The molecule has 0 amide bonds. The van der Waals surface area contributed by atoms with Gasteiger partial charge in [-0.05, 0) is 18.6 Å². The van der Waals surface area contributed by atoms with E-state index in [4.69, 9.17) is 16.7 Å². The third kappa shape index (κ3) is 4.65. The van der Waals surface area contributed by atoms with E-state index in [-0.39, 0.29) is 0 Å². The number of hydrogen-bond donors (Lipinski definition) is 2. The van der Waals surface area contributed by atoms with E-state index in [1.54, 1.807) is 12.1 Å². The van der Waals surface area contributed by atoms with Crippen LogP contribution in [0.3, 0.4) is 0 Å². The number of nitrogens with one attached hydrogen (secondary N) is 1. The molecule has 17 heavy (non-hydrogen) atoms. The Kier molecular flexibility index (Phi) is 5.84. The first-order valence-corrected chi connectivity index (χ1v) is 6.26. The molecule has 0 radical (unpaired) electrons. The van der Waals surface area contributed by atoms with Crippen LogP contribution >= 0.6 is 11.6 Å². The molecule has 0 heterocycles. The standard InChI is InChI=1S/C13H18ClNO2/c1-2-3-4-9-12(13(16)17)15-11-8-6-5-7-10(11)14/h5-8,12,15H,2-4,9H2,1H3,(H,16,17). The van der Waals surface area contributed by atoms with Crippen LogP contribution in [0.4, 0.5) is 5.69 Å². The first-order valence-electron chi connectivity index (χ1n) is 5.89. The van der Waals surface area contributed by atoms with Gasteiger partial charge in [-0.2, -0.15) is 0 Å². The molecular weight excluding hydrogens is 238 g/mol. The van der Waals surface area contributed by atoms with Crippen molar-refractivity contribution in [1.82, 2.24) is 0 Å². The molecule has 0 aliphatic carbocycles. The molecular formula is C13H18ClNO2. The molecule has 4 heteroatoms. The molecule has 0 spiro atoms. The lowest BCUT2D eigenvalue weighted by Gasteiger charge is -2.16. The van der Waals surface area contributed by atoms with Crippen molar-refractivity contribution in [3.05, 3.63) is 29.3 Å². The summed E-state index contributed by atoms with van der Waals surface area (Å²) in [5.74, 6) is -0.832. The molecule has 1 unspecified atom stereocenters. The lowest BCUT2D eigenvalue weighted by Crippen LogP contribution is -2.29. The minimum Gasteiger partial charge on any atom is -0.480 e. The van der Waals surface area contributed by atoms with Crippen molar-refractivity contribution in [2.75, 3.05) is 5.32 Å². The summed E-state index contributed by atoms with van der Waals surface area (Å²) in [7, 11) is 0. The Balaban J connectivity index is 2.61. The van der Waals surface area contributed by atoms with Crippen molar-refractivity contribution in [2.24, 2.45) is 0 Å². The monoisotopic (exact) mass is 255 g/mol. The molecule has 1 aromatic rings. The maximum absolute atomic E-state index is 11.1. The number of hydrogen-bond acceptors (Lipinski definition) is 2. The lowest BCUT2D eigenvalue weighted by atomic mass is 10.1. The zero-order valence-corrected chi connectivity index (χ0v) is 10.7. The minimum absolute atomic E-state index is 0.550. The van der Waals surface area contributed by atoms with Gasteiger partial charge in [0, 0.05) is 0 Å². The van der Waals surface area contributed by atoms with Crippen molar-refractivity contribution >= 4 is 23.3 Å². The molecule has 0 aliphatic heterocycles. The van der Waals surface area contributed by atoms with E-state index in [1.807, 2.05) is 12.1 Å². The normalized spacial score (nSPS) is 12.1. The third-order valence-electron chi connectivity index (χ3n) is 2.60. The number of halogens is 1. The maximum Gasteiger partial charge on any atom is 0.326 e. The number of para-hydroxylation sites is 1. The average molecular weight is 256 g/mol. The van der Waals surface area contributed by atoms with E-state index in [0.717, 1.165) is 19.3 Å². The van der Waals surface area contributed by atoms with E-state index < -0.39 is 12.0 Å². The Hall–Kier alpha value is -1.22. The van der Waals surface area contributed by atoms with Gasteiger partial charge in [0.05, 0.1) is 10.7 Å². The topological polar surface area (TPSA) is 49.3 Å². The quantitative estimate of drug-likeness (QED) is 0.729. The fourth-order valence-corrected chi connectivity index (χ4v) is 1.81. The van der Waals surface area contributed by atoms with Crippen LogP contribution in [0.1, 0.15) is 32.6 Å². The highest BCUT2D eigenvalue weighted by molar-refractivity contribution is 6.33. The molecule has 1 aromatic carbocycles. The zero-order chi connectivity index (χ0) is 12.7. The first kappa shape index (κ1) is 13.8. The molecule has 2 N–H and O–H groups in total. The van der Waals surface area contributed by atoms with Crippen LogP contribution in [0.25, 0.3) is 0 Å². The molecule has 94 valence electrons. The van der Waals surface area contributed by atoms with Crippen LogP contribution in [0.2, 0.25) is 5.02 Å². The summed E-state index contributed by atoms with van der Waals surface area (Å²) >= 11 is 5.98. The summed E-state index contributed by atoms with van der Waals surface area (Å²) in [4.78, 5) is 11.1. The predicted molar refractivity (Wildman–Crippen MR) is 70.6 cm³/mol. The number of aliphatic carboxylic acids is 1. The molecule has 3 nitrogen and oxygen atoms in total. The fourth-order valence-electron chi connectivity index (χ4n) is 1.62. The van der Waals surface area contributed by atoms with Crippen molar-refractivity contribution in [1.29, 1.82) is 0 Å². The first-order chi connectivity index (χ1) is 8.15. The Morgan fingerprint density at radius 2 is 2.12 bits per heavy atom. The Morgan fingerprint density at radius 3 is 2.71 bits per heavy atom. The number of carbonyl (C=O) groups is 1. The predicted octanol–water partition coefficient (Wildman–Crippen LogP) is 3.79. The number of benzene rings is 1. The molecule has 0 aromatic heterocycles. The smallest absolute Gasteiger partial charge is 0.326 e. The van der Waals surface area contributed by atoms with Gasteiger partial charge in [0.15, 0.2) is 0 Å². The maximum atomic E-state index is 11.1. The number of carboxylic acids is 1. The summed E-state index contributed by atoms with van der Waals surface area (Å²) in [5, 5.41) is 12.6. The highest BCUT2D eigenvalue weighted by Gasteiger charge is 2.17. The number of unbranched alkanes of at least 4 members (excludes halogenated alkanes) is 2. The second-order valence-corrected chi connectivity index (χ2v) is 4.42. The van der Waals surface area contributed by atoms with Crippen molar-refractivity contribution in [3.8, 4) is 0 Å². The third-order valence-corrected chi connectivity index (χ3v) is 2.93. The van der Waals surface area contributed by atoms with Gasteiger partial charge in [-0.25, -0.2) is 4.79 Å². The summed E-state index contributed by atoms with van der Waals surface area (Å²) in [6.45, 7) is 2.09. The van der Waals surface area contributed by atoms with Crippen LogP contribution in [-0.2, 0) is 4.79 Å². The Bertz CT molecular complexity index is 368. The largest absolute Gasteiger partial charge is 0.480 e. The summed E-state index contributed by atoms with van der Waals surface area (Å²) in [6, 6.07) is 6.62.